The Balaban J connectivity index is 2.46. The van der Waals surface area contributed by atoms with Crippen molar-refractivity contribution in [2.24, 2.45) is 0 Å². The number of carbonyl (C=O) groups excluding carboxylic acids is 1. The van der Waals surface area contributed by atoms with Crippen LogP contribution in [0.1, 0.15) is 11.1 Å². The van der Waals surface area contributed by atoms with E-state index in [1.807, 2.05) is 31.2 Å². The molecular formula is C10H12O2S. The molecule has 0 fully saturated rings. The summed E-state index contributed by atoms with van der Waals surface area (Å²) in [6.07, 6.45) is 0. The van der Waals surface area contributed by atoms with E-state index in [1.54, 1.807) is 0 Å². The fourth-order valence-electron chi connectivity index (χ4n) is 0.894. The van der Waals surface area contributed by atoms with Crippen molar-refractivity contribution in [2.45, 2.75) is 13.5 Å². The van der Waals surface area contributed by atoms with Crippen molar-refractivity contribution in [1.82, 2.24) is 0 Å². The summed E-state index contributed by atoms with van der Waals surface area (Å²) in [4.78, 5) is 10.8. The Morgan fingerprint density at radius 3 is 2.54 bits per heavy atom. The van der Waals surface area contributed by atoms with Gasteiger partial charge in [0.25, 0.3) is 0 Å². The van der Waals surface area contributed by atoms with Gasteiger partial charge in [-0.3, -0.25) is 4.79 Å². The topological polar surface area (TPSA) is 26.3 Å². The lowest BCUT2D eigenvalue weighted by Crippen LogP contribution is -2.05. The third-order valence-corrected chi connectivity index (χ3v) is 1.91. The summed E-state index contributed by atoms with van der Waals surface area (Å²) in [6, 6.07) is 7.87. The summed E-state index contributed by atoms with van der Waals surface area (Å²) in [6.45, 7) is 2.35. The molecule has 0 unspecified atom stereocenters. The Labute approximate surface area is 83.3 Å². The molecule has 0 bridgehead atoms. The number of thiol groups is 1. The van der Waals surface area contributed by atoms with Crippen LogP contribution in [0.3, 0.4) is 0 Å². The van der Waals surface area contributed by atoms with Gasteiger partial charge in [-0.1, -0.05) is 29.8 Å². The summed E-state index contributed by atoms with van der Waals surface area (Å²) >= 11 is 3.80. The molecule has 0 aromatic heterocycles. The second-order valence-electron chi connectivity index (χ2n) is 2.80. The Kier molecular flexibility index (Phi) is 3.83. The number of hydrogen-bond acceptors (Lipinski definition) is 3. The number of benzene rings is 1. The molecule has 13 heavy (non-hydrogen) atoms. The van der Waals surface area contributed by atoms with Crippen LogP contribution in [-0.2, 0) is 16.1 Å². The van der Waals surface area contributed by atoms with Crippen LogP contribution < -0.4 is 0 Å². The van der Waals surface area contributed by atoms with Gasteiger partial charge in [0.2, 0.25) is 0 Å². The van der Waals surface area contributed by atoms with E-state index in [4.69, 9.17) is 4.74 Å². The van der Waals surface area contributed by atoms with Crippen molar-refractivity contribution in [2.75, 3.05) is 5.75 Å². The molecule has 2 nitrogen and oxygen atoms in total. The Morgan fingerprint density at radius 2 is 2.00 bits per heavy atom. The summed E-state index contributed by atoms with van der Waals surface area (Å²) in [5.41, 5.74) is 2.20. The maximum absolute atomic E-state index is 10.8. The van der Waals surface area contributed by atoms with Gasteiger partial charge >= 0.3 is 5.97 Å². The van der Waals surface area contributed by atoms with Gasteiger partial charge in [0.05, 0.1) is 5.75 Å². The van der Waals surface area contributed by atoms with Gasteiger partial charge in [0, 0.05) is 0 Å². The van der Waals surface area contributed by atoms with E-state index in [2.05, 4.69) is 12.6 Å². The van der Waals surface area contributed by atoms with Gasteiger partial charge < -0.3 is 4.74 Å². The van der Waals surface area contributed by atoms with E-state index >= 15 is 0 Å². The van der Waals surface area contributed by atoms with Crippen molar-refractivity contribution >= 4 is 18.6 Å². The van der Waals surface area contributed by atoms with Crippen LogP contribution in [0, 0.1) is 6.92 Å². The molecule has 1 rings (SSSR count). The van der Waals surface area contributed by atoms with Crippen LogP contribution >= 0.6 is 12.6 Å². The molecule has 0 saturated carbocycles. The fourth-order valence-corrected chi connectivity index (χ4v) is 0.985. The summed E-state index contributed by atoms with van der Waals surface area (Å²) in [5.74, 6) is -0.157. The molecule has 0 spiro atoms. The monoisotopic (exact) mass is 196 g/mol. The Hall–Kier alpha value is -0.960. The quantitative estimate of drug-likeness (QED) is 0.591. The van der Waals surface area contributed by atoms with Gasteiger partial charge in [-0.25, -0.2) is 0 Å². The first-order chi connectivity index (χ1) is 6.22. The first kappa shape index (κ1) is 10.1. The number of rotatable bonds is 3. The number of aryl methyl sites for hydroxylation is 1. The molecule has 3 heteroatoms. The van der Waals surface area contributed by atoms with E-state index in [0.29, 0.717) is 6.61 Å². The van der Waals surface area contributed by atoms with Crippen LogP contribution in [0.5, 0.6) is 0 Å². The molecule has 0 aliphatic rings. The lowest BCUT2D eigenvalue weighted by Gasteiger charge is -2.02. The third kappa shape index (κ3) is 3.51. The van der Waals surface area contributed by atoms with E-state index in [-0.39, 0.29) is 11.7 Å². The molecule has 0 saturated heterocycles. The van der Waals surface area contributed by atoms with Gasteiger partial charge in [0.15, 0.2) is 0 Å². The van der Waals surface area contributed by atoms with Crippen molar-refractivity contribution in [3.05, 3.63) is 35.4 Å². The van der Waals surface area contributed by atoms with Gasteiger partial charge in [0.1, 0.15) is 6.61 Å². The van der Waals surface area contributed by atoms with Crippen LogP contribution in [-0.4, -0.2) is 11.7 Å². The Bertz CT molecular complexity index is 279. The average molecular weight is 196 g/mol. The lowest BCUT2D eigenvalue weighted by molar-refractivity contribution is -0.141. The van der Waals surface area contributed by atoms with E-state index < -0.39 is 0 Å². The smallest absolute Gasteiger partial charge is 0.315 e. The number of esters is 1. The molecule has 0 atom stereocenters. The standard InChI is InChI=1S/C10H12O2S/c1-8-2-4-9(5-3-8)6-12-10(11)7-13/h2-5,13H,6-7H2,1H3. The molecule has 1 aromatic carbocycles. The second kappa shape index (κ2) is 4.92. The van der Waals surface area contributed by atoms with Gasteiger partial charge in [-0.15, -0.1) is 0 Å². The normalized spacial score (nSPS) is 9.69. The molecule has 70 valence electrons. The highest BCUT2D eigenvalue weighted by Gasteiger charge is 1.98. The highest BCUT2D eigenvalue weighted by atomic mass is 32.1. The fraction of sp³-hybridized carbons (Fsp3) is 0.300. The molecule has 0 amide bonds. The molecule has 0 radical (unpaired) electrons. The van der Waals surface area contributed by atoms with Crippen molar-refractivity contribution in [1.29, 1.82) is 0 Å². The summed E-state index contributed by atoms with van der Waals surface area (Å²) < 4.78 is 4.90. The third-order valence-electron chi connectivity index (χ3n) is 1.65. The van der Waals surface area contributed by atoms with Crippen molar-refractivity contribution in [3.63, 3.8) is 0 Å². The zero-order valence-corrected chi connectivity index (χ0v) is 8.38. The molecular weight excluding hydrogens is 184 g/mol. The highest BCUT2D eigenvalue weighted by molar-refractivity contribution is 7.81. The first-order valence-corrected chi connectivity index (χ1v) is 4.67. The lowest BCUT2D eigenvalue weighted by atomic mass is 10.2. The maximum Gasteiger partial charge on any atom is 0.315 e. The highest BCUT2D eigenvalue weighted by Crippen LogP contribution is 2.04. The van der Waals surface area contributed by atoms with Crippen molar-refractivity contribution < 1.29 is 9.53 Å². The molecule has 1 aromatic rings. The minimum atomic E-state index is -0.288. The van der Waals surface area contributed by atoms with E-state index in [1.165, 1.54) is 5.56 Å². The number of carbonyl (C=O) groups is 1. The van der Waals surface area contributed by atoms with Crippen LogP contribution in [0.25, 0.3) is 0 Å². The zero-order valence-electron chi connectivity index (χ0n) is 7.49. The predicted molar refractivity (Wildman–Crippen MR) is 54.8 cm³/mol. The number of ether oxygens (including phenoxy) is 1. The number of hydrogen-bond donors (Lipinski definition) is 1. The molecule has 0 heterocycles. The molecule has 0 aliphatic carbocycles. The van der Waals surface area contributed by atoms with Crippen LogP contribution in [0.4, 0.5) is 0 Å². The minimum absolute atomic E-state index is 0.131. The Morgan fingerprint density at radius 1 is 1.38 bits per heavy atom. The van der Waals surface area contributed by atoms with Gasteiger partial charge in [-0.2, -0.15) is 12.6 Å². The van der Waals surface area contributed by atoms with Gasteiger partial charge in [-0.05, 0) is 12.5 Å². The molecule has 0 aliphatic heterocycles. The van der Waals surface area contributed by atoms with Crippen LogP contribution in [0.15, 0.2) is 24.3 Å². The largest absolute Gasteiger partial charge is 0.460 e. The molecule has 0 N–H and O–H groups in total. The first-order valence-electron chi connectivity index (χ1n) is 4.04. The van der Waals surface area contributed by atoms with E-state index in [9.17, 15) is 4.79 Å². The van der Waals surface area contributed by atoms with Crippen LogP contribution in [0.2, 0.25) is 0 Å². The zero-order chi connectivity index (χ0) is 9.68. The van der Waals surface area contributed by atoms with E-state index in [0.717, 1.165) is 5.56 Å². The average Bonchev–Trinajstić information content (AvgIpc) is 2.16. The summed E-state index contributed by atoms with van der Waals surface area (Å²) in [7, 11) is 0. The predicted octanol–water partition coefficient (Wildman–Crippen LogP) is 1.97. The van der Waals surface area contributed by atoms with Crippen molar-refractivity contribution in [3.8, 4) is 0 Å². The summed E-state index contributed by atoms with van der Waals surface area (Å²) in [5, 5.41) is 0. The SMILES string of the molecule is Cc1ccc(COC(=O)CS)cc1. The maximum atomic E-state index is 10.8. The minimum Gasteiger partial charge on any atom is -0.460 e. The second-order valence-corrected chi connectivity index (χ2v) is 3.12.